The first-order chi connectivity index (χ1) is 9.11. The molecule has 2 rings (SSSR count). The molecular formula is C15H22N2O2. The van der Waals surface area contributed by atoms with Gasteiger partial charge in [0.25, 0.3) is 5.91 Å². The summed E-state index contributed by atoms with van der Waals surface area (Å²) < 4.78 is 0. The van der Waals surface area contributed by atoms with Gasteiger partial charge in [0.2, 0.25) is 0 Å². The largest absolute Gasteiger partial charge is 0.507 e. The number of rotatable bonds is 3. The number of nitrogens with one attached hydrogen (secondary N) is 1. The molecule has 0 radical (unpaired) electrons. The third kappa shape index (κ3) is 3.26. The minimum atomic E-state index is -0.0537. The number of nitrogens with zero attached hydrogens (tertiary/aromatic N) is 1. The van der Waals surface area contributed by atoms with Crippen molar-refractivity contribution in [3.05, 3.63) is 29.3 Å². The molecule has 0 aromatic heterocycles. The zero-order valence-electron chi connectivity index (χ0n) is 11.6. The minimum Gasteiger partial charge on any atom is -0.507 e. The average Bonchev–Trinajstić information content (AvgIpc) is 2.41. The lowest BCUT2D eigenvalue weighted by molar-refractivity contribution is 0.0671. The lowest BCUT2D eigenvalue weighted by atomic mass is 9.97. The van der Waals surface area contributed by atoms with Crippen LogP contribution in [0.3, 0.4) is 0 Å². The fourth-order valence-corrected chi connectivity index (χ4v) is 2.70. The molecule has 0 saturated carbocycles. The molecule has 0 bridgehead atoms. The Hall–Kier alpha value is -1.55. The number of benzene rings is 1. The standard InChI is InChI=1S/C15H22N2O2/c1-11-5-6-14(18)13(8-11)15(19)17-7-3-4-12(10-17)9-16-2/h5-6,8,12,16,18H,3-4,7,9-10H2,1-2H3. The molecule has 1 heterocycles. The molecule has 19 heavy (non-hydrogen) atoms. The molecule has 4 nitrogen and oxygen atoms in total. The fraction of sp³-hybridized carbons (Fsp3) is 0.533. The second-order valence-corrected chi connectivity index (χ2v) is 5.34. The van der Waals surface area contributed by atoms with Crippen LogP contribution in [0.25, 0.3) is 0 Å². The van der Waals surface area contributed by atoms with E-state index in [9.17, 15) is 9.90 Å². The predicted molar refractivity (Wildman–Crippen MR) is 75.4 cm³/mol. The van der Waals surface area contributed by atoms with Gasteiger partial charge in [-0.2, -0.15) is 0 Å². The number of phenols is 1. The average molecular weight is 262 g/mol. The quantitative estimate of drug-likeness (QED) is 0.873. The Labute approximate surface area is 114 Å². The zero-order chi connectivity index (χ0) is 13.8. The van der Waals surface area contributed by atoms with E-state index in [1.54, 1.807) is 12.1 Å². The van der Waals surface area contributed by atoms with Crippen LogP contribution >= 0.6 is 0 Å². The molecule has 1 aliphatic rings. The molecule has 1 saturated heterocycles. The van der Waals surface area contributed by atoms with Gasteiger partial charge in [-0.05, 0) is 51.4 Å². The van der Waals surface area contributed by atoms with Crippen LogP contribution in [0.4, 0.5) is 0 Å². The summed E-state index contributed by atoms with van der Waals surface area (Å²) in [5, 5.41) is 13.0. The van der Waals surface area contributed by atoms with Gasteiger partial charge in [0.15, 0.2) is 0 Å². The number of piperidine rings is 1. The normalized spacial score (nSPS) is 19.5. The van der Waals surface area contributed by atoms with Crippen molar-refractivity contribution in [3.8, 4) is 5.75 Å². The van der Waals surface area contributed by atoms with Crippen molar-refractivity contribution in [2.24, 2.45) is 5.92 Å². The summed E-state index contributed by atoms with van der Waals surface area (Å²) in [7, 11) is 1.94. The van der Waals surface area contributed by atoms with Gasteiger partial charge in [-0.1, -0.05) is 11.6 Å². The number of carbonyl (C=O) groups is 1. The molecule has 1 aromatic rings. The third-order valence-electron chi connectivity index (χ3n) is 3.68. The van der Waals surface area contributed by atoms with Crippen molar-refractivity contribution in [1.82, 2.24) is 10.2 Å². The summed E-state index contributed by atoms with van der Waals surface area (Å²) in [5.74, 6) is 0.531. The molecule has 104 valence electrons. The Morgan fingerprint density at radius 1 is 1.53 bits per heavy atom. The predicted octanol–water partition coefficient (Wildman–Crippen LogP) is 1.77. The first kappa shape index (κ1) is 13.9. The molecule has 4 heteroatoms. The Morgan fingerprint density at radius 2 is 2.32 bits per heavy atom. The van der Waals surface area contributed by atoms with E-state index in [0.717, 1.165) is 38.0 Å². The Morgan fingerprint density at radius 3 is 3.05 bits per heavy atom. The summed E-state index contributed by atoms with van der Waals surface area (Å²) in [6.07, 6.45) is 2.19. The molecule has 0 aliphatic carbocycles. The fourth-order valence-electron chi connectivity index (χ4n) is 2.70. The molecule has 1 fully saturated rings. The van der Waals surface area contributed by atoms with Crippen molar-refractivity contribution in [1.29, 1.82) is 0 Å². The number of phenolic OH excluding ortho intramolecular Hbond substituents is 1. The van der Waals surface area contributed by atoms with Gasteiger partial charge in [0.05, 0.1) is 5.56 Å². The smallest absolute Gasteiger partial charge is 0.257 e. The van der Waals surface area contributed by atoms with Crippen molar-refractivity contribution < 1.29 is 9.90 Å². The van der Waals surface area contributed by atoms with Crippen LogP contribution in [-0.4, -0.2) is 42.6 Å². The van der Waals surface area contributed by atoms with Gasteiger partial charge >= 0.3 is 0 Å². The number of hydrogen-bond acceptors (Lipinski definition) is 3. The van der Waals surface area contributed by atoms with Gasteiger partial charge < -0.3 is 15.3 Å². The second kappa shape index (κ2) is 6.06. The van der Waals surface area contributed by atoms with Crippen molar-refractivity contribution in [2.45, 2.75) is 19.8 Å². The molecule has 1 atom stereocenters. The maximum absolute atomic E-state index is 12.5. The maximum Gasteiger partial charge on any atom is 0.257 e. The number of carbonyl (C=O) groups excluding carboxylic acids is 1. The van der Waals surface area contributed by atoms with Gasteiger partial charge in [0, 0.05) is 13.1 Å². The lowest BCUT2D eigenvalue weighted by Gasteiger charge is -2.33. The van der Waals surface area contributed by atoms with Crippen LogP contribution in [-0.2, 0) is 0 Å². The Balaban J connectivity index is 2.12. The van der Waals surface area contributed by atoms with Gasteiger partial charge in [0.1, 0.15) is 5.75 Å². The molecule has 1 unspecified atom stereocenters. The zero-order valence-corrected chi connectivity index (χ0v) is 11.6. The summed E-state index contributed by atoms with van der Waals surface area (Å²) in [6.45, 7) is 4.42. The van der Waals surface area contributed by atoms with Crippen molar-refractivity contribution >= 4 is 5.91 Å². The van der Waals surface area contributed by atoms with Crippen molar-refractivity contribution in [3.63, 3.8) is 0 Å². The summed E-state index contributed by atoms with van der Waals surface area (Å²) in [4.78, 5) is 14.3. The minimum absolute atomic E-state index is 0.0537. The number of amides is 1. The van der Waals surface area contributed by atoms with Crippen LogP contribution in [0.1, 0.15) is 28.8 Å². The van der Waals surface area contributed by atoms with Gasteiger partial charge in [-0.3, -0.25) is 4.79 Å². The summed E-state index contributed by atoms with van der Waals surface area (Å²) in [6, 6.07) is 5.17. The van der Waals surface area contributed by atoms with E-state index < -0.39 is 0 Å². The SMILES string of the molecule is CNCC1CCCN(C(=O)c2cc(C)ccc2O)C1. The highest BCUT2D eigenvalue weighted by Crippen LogP contribution is 2.23. The van der Waals surface area contributed by atoms with E-state index >= 15 is 0 Å². The van der Waals surface area contributed by atoms with Crippen LogP contribution < -0.4 is 5.32 Å². The van der Waals surface area contributed by atoms with E-state index in [1.807, 2.05) is 24.9 Å². The van der Waals surface area contributed by atoms with E-state index in [2.05, 4.69) is 5.32 Å². The molecule has 2 N–H and O–H groups in total. The highest BCUT2D eigenvalue weighted by Gasteiger charge is 2.25. The van der Waals surface area contributed by atoms with Crippen molar-refractivity contribution in [2.75, 3.05) is 26.7 Å². The summed E-state index contributed by atoms with van der Waals surface area (Å²) >= 11 is 0. The van der Waals surface area contributed by atoms with Crippen LogP contribution in [0.5, 0.6) is 5.75 Å². The molecule has 1 aliphatic heterocycles. The van der Waals surface area contributed by atoms with E-state index in [1.165, 1.54) is 0 Å². The monoisotopic (exact) mass is 262 g/mol. The lowest BCUT2D eigenvalue weighted by Crippen LogP contribution is -2.42. The number of hydrogen-bond donors (Lipinski definition) is 2. The maximum atomic E-state index is 12.5. The first-order valence-electron chi connectivity index (χ1n) is 6.85. The third-order valence-corrected chi connectivity index (χ3v) is 3.68. The molecule has 0 spiro atoms. The Kier molecular flexibility index (Phi) is 4.43. The van der Waals surface area contributed by atoms with Crippen LogP contribution in [0.15, 0.2) is 18.2 Å². The van der Waals surface area contributed by atoms with E-state index in [0.29, 0.717) is 11.5 Å². The van der Waals surface area contributed by atoms with Gasteiger partial charge in [-0.25, -0.2) is 0 Å². The molecule has 1 aromatic carbocycles. The molecule has 1 amide bonds. The number of aryl methyl sites for hydroxylation is 1. The highest BCUT2D eigenvalue weighted by molar-refractivity contribution is 5.97. The van der Waals surface area contributed by atoms with Crippen LogP contribution in [0, 0.1) is 12.8 Å². The van der Waals surface area contributed by atoms with E-state index in [-0.39, 0.29) is 11.7 Å². The molecular weight excluding hydrogens is 240 g/mol. The van der Waals surface area contributed by atoms with Gasteiger partial charge in [-0.15, -0.1) is 0 Å². The number of aromatic hydroxyl groups is 1. The van der Waals surface area contributed by atoms with Crippen LogP contribution in [0.2, 0.25) is 0 Å². The summed E-state index contributed by atoms with van der Waals surface area (Å²) in [5.41, 5.74) is 1.41. The highest BCUT2D eigenvalue weighted by atomic mass is 16.3. The van der Waals surface area contributed by atoms with E-state index in [4.69, 9.17) is 0 Å². The topological polar surface area (TPSA) is 52.6 Å². The second-order valence-electron chi connectivity index (χ2n) is 5.34. The Bertz CT molecular complexity index is 457. The first-order valence-corrected chi connectivity index (χ1v) is 6.85. The number of likely N-dealkylation sites (tertiary alicyclic amines) is 1.